The van der Waals surface area contributed by atoms with E-state index in [0.717, 1.165) is 67.5 Å². The van der Waals surface area contributed by atoms with E-state index in [-0.39, 0.29) is 41.6 Å². The number of carbonyl (C=O) groups excluding carboxylic acids is 2. The van der Waals surface area contributed by atoms with E-state index >= 15 is 0 Å². The average molecular weight is 698 g/mol. The highest BCUT2D eigenvalue weighted by molar-refractivity contribution is 5.98. The third-order valence-corrected chi connectivity index (χ3v) is 11.2. The predicted octanol–water partition coefficient (Wildman–Crippen LogP) is 8.37. The Labute approximate surface area is 296 Å². The summed E-state index contributed by atoms with van der Waals surface area (Å²) in [5.74, 6) is 1.87. The third kappa shape index (κ3) is 7.35. The molecule has 1 amide bonds. The number of fused-ring (bicyclic) bond motifs is 3. The zero-order valence-electron chi connectivity index (χ0n) is 28.9. The number of carbonyl (C=O) groups is 2. The van der Waals surface area contributed by atoms with Gasteiger partial charge in [0.05, 0.1) is 17.2 Å². The van der Waals surface area contributed by atoms with Gasteiger partial charge in [-0.2, -0.15) is 18.4 Å². The van der Waals surface area contributed by atoms with Crippen LogP contribution in [0.1, 0.15) is 79.4 Å². The number of ether oxygens (including phenoxy) is 2. The number of benzene rings is 3. The smallest absolute Gasteiger partial charge is 0.416 e. The second-order valence-electron chi connectivity index (χ2n) is 14.7. The van der Waals surface area contributed by atoms with Crippen molar-refractivity contribution in [3.05, 3.63) is 100 Å². The number of Topliss-reactive ketones (excluding diaryl/α,β-unsaturated/α-hetero) is 1. The Morgan fingerprint density at radius 3 is 2.35 bits per heavy atom. The molecule has 2 bridgehead atoms. The van der Waals surface area contributed by atoms with Crippen LogP contribution in [0, 0.1) is 29.1 Å². The van der Waals surface area contributed by atoms with E-state index in [0.29, 0.717) is 54.4 Å². The molecule has 51 heavy (non-hydrogen) atoms. The first-order chi connectivity index (χ1) is 24.5. The molecule has 0 aromatic heterocycles. The molecule has 4 atom stereocenters. The molecule has 7 rings (SSSR count). The number of halogens is 3. The number of hydrogen-bond donors (Lipinski definition) is 0. The fourth-order valence-electron chi connectivity index (χ4n) is 8.31. The SMILES string of the molecule is CC1=C(C(=O)N2CC3CC(C(=O)c4ccc(C#N)cc4)C(C)CC2C3)Oc2cc(OC3CCN(c4ccc(C(F)(F)F)cc4)CC3)ccc2CC1. The van der Waals surface area contributed by atoms with Crippen molar-refractivity contribution in [3.8, 4) is 17.6 Å². The van der Waals surface area contributed by atoms with Crippen molar-refractivity contribution in [1.29, 1.82) is 5.26 Å². The molecule has 3 aromatic carbocycles. The van der Waals surface area contributed by atoms with E-state index < -0.39 is 11.7 Å². The summed E-state index contributed by atoms with van der Waals surface area (Å²) in [6.07, 6.45) is 0.816. The van der Waals surface area contributed by atoms with Gasteiger partial charge in [-0.25, -0.2) is 0 Å². The number of nitrogens with zero attached hydrogens (tertiary/aromatic N) is 3. The zero-order chi connectivity index (χ0) is 35.9. The van der Waals surface area contributed by atoms with Crippen LogP contribution in [-0.2, 0) is 17.4 Å². The lowest BCUT2D eigenvalue weighted by atomic mass is 9.80. The second kappa shape index (κ2) is 14.1. The summed E-state index contributed by atoms with van der Waals surface area (Å²) >= 11 is 0. The molecule has 0 spiro atoms. The van der Waals surface area contributed by atoms with Crippen molar-refractivity contribution in [2.75, 3.05) is 24.5 Å². The number of allylic oxidation sites excluding steroid dienone is 1. The van der Waals surface area contributed by atoms with E-state index in [9.17, 15) is 22.8 Å². The fraction of sp³-hybridized carbons (Fsp3) is 0.439. The Morgan fingerprint density at radius 2 is 1.67 bits per heavy atom. The van der Waals surface area contributed by atoms with Gasteiger partial charge in [0.1, 0.15) is 17.6 Å². The number of ketones is 1. The lowest BCUT2D eigenvalue weighted by molar-refractivity contribution is -0.137. The highest BCUT2D eigenvalue weighted by Gasteiger charge is 2.44. The molecule has 3 aromatic rings. The van der Waals surface area contributed by atoms with E-state index in [1.165, 1.54) is 12.1 Å². The van der Waals surface area contributed by atoms with Crippen molar-refractivity contribution < 1.29 is 32.2 Å². The van der Waals surface area contributed by atoms with Gasteiger partial charge in [-0.15, -0.1) is 0 Å². The van der Waals surface area contributed by atoms with Gasteiger partial charge in [0.2, 0.25) is 0 Å². The summed E-state index contributed by atoms with van der Waals surface area (Å²) < 4.78 is 51.8. The van der Waals surface area contributed by atoms with E-state index in [1.807, 2.05) is 30.0 Å². The maximum Gasteiger partial charge on any atom is 0.416 e. The highest BCUT2D eigenvalue weighted by atomic mass is 19.4. The maximum atomic E-state index is 14.2. The van der Waals surface area contributed by atoms with Crippen molar-refractivity contribution in [1.82, 2.24) is 4.90 Å². The van der Waals surface area contributed by atoms with Gasteiger partial charge in [-0.1, -0.05) is 25.1 Å². The van der Waals surface area contributed by atoms with Gasteiger partial charge in [0, 0.05) is 61.8 Å². The van der Waals surface area contributed by atoms with E-state index in [2.05, 4.69) is 17.9 Å². The van der Waals surface area contributed by atoms with Crippen molar-refractivity contribution >= 4 is 17.4 Å². The number of amides is 1. The van der Waals surface area contributed by atoms with Crippen LogP contribution in [0.25, 0.3) is 0 Å². The molecule has 3 fully saturated rings. The van der Waals surface area contributed by atoms with Gasteiger partial charge < -0.3 is 19.3 Å². The second-order valence-corrected chi connectivity index (χ2v) is 14.7. The molecule has 2 saturated heterocycles. The monoisotopic (exact) mass is 697 g/mol. The van der Waals surface area contributed by atoms with Crippen LogP contribution in [0.2, 0.25) is 0 Å². The number of piperidine rings is 1. The Morgan fingerprint density at radius 1 is 0.941 bits per heavy atom. The van der Waals surface area contributed by atoms with Crippen LogP contribution in [0.15, 0.2) is 78.1 Å². The van der Waals surface area contributed by atoms with Crippen LogP contribution >= 0.6 is 0 Å². The molecule has 4 aliphatic rings. The lowest BCUT2D eigenvalue weighted by Gasteiger charge is -2.34. The van der Waals surface area contributed by atoms with E-state index in [4.69, 9.17) is 14.7 Å². The van der Waals surface area contributed by atoms with Gasteiger partial charge in [-0.3, -0.25) is 9.59 Å². The number of hydrogen-bond acceptors (Lipinski definition) is 6. The molecular formula is C41H42F3N3O4. The minimum atomic E-state index is -4.35. The van der Waals surface area contributed by atoms with Crippen LogP contribution in [-0.4, -0.2) is 48.4 Å². The van der Waals surface area contributed by atoms with E-state index in [1.54, 1.807) is 24.3 Å². The Bertz CT molecular complexity index is 1860. The first-order valence-electron chi connectivity index (χ1n) is 17.9. The minimum absolute atomic E-state index is 0.0333. The molecule has 1 aliphatic carbocycles. The summed E-state index contributed by atoms with van der Waals surface area (Å²) in [7, 11) is 0. The summed E-state index contributed by atoms with van der Waals surface area (Å²) in [6, 6.07) is 20.1. The molecule has 1 saturated carbocycles. The lowest BCUT2D eigenvalue weighted by Crippen LogP contribution is -2.41. The normalized spacial score (nSPS) is 23.8. The minimum Gasteiger partial charge on any atom is -0.490 e. The third-order valence-electron chi connectivity index (χ3n) is 11.2. The highest BCUT2D eigenvalue weighted by Crippen LogP contribution is 2.43. The largest absolute Gasteiger partial charge is 0.490 e. The molecule has 4 unspecified atom stereocenters. The fourth-order valence-corrected chi connectivity index (χ4v) is 8.31. The zero-order valence-corrected chi connectivity index (χ0v) is 28.9. The maximum absolute atomic E-state index is 14.2. The molecule has 7 nitrogen and oxygen atoms in total. The number of aryl methyl sites for hydroxylation is 1. The topological polar surface area (TPSA) is 82.9 Å². The summed E-state index contributed by atoms with van der Waals surface area (Å²) in [6.45, 7) is 6.00. The summed E-state index contributed by atoms with van der Waals surface area (Å²) in [4.78, 5) is 31.8. The van der Waals surface area contributed by atoms with Gasteiger partial charge in [0.25, 0.3) is 5.91 Å². The quantitative estimate of drug-likeness (QED) is 0.241. The molecular weight excluding hydrogens is 655 g/mol. The Balaban J connectivity index is 0.979. The van der Waals surface area contributed by atoms with Crippen LogP contribution in [0.5, 0.6) is 11.5 Å². The number of likely N-dealkylation sites (tertiary alicyclic amines) is 1. The first kappa shape index (κ1) is 34.7. The number of anilines is 1. The molecule has 0 radical (unpaired) electrons. The molecule has 3 aliphatic heterocycles. The van der Waals surface area contributed by atoms with Crippen LogP contribution in [0.4, 0.5) is 18.9 Å². The van der Waals surface area contributed by atoms with Crippen LogP contribution < -0.4 is 14.4 Å². The number of nitriles is 1. The first-order valence-corrected chi connectivity index (χ1v) is 17.9. The van der Waals surface area contributed by atoms with Crippen molar-refractivity contribution in [3.63, 3.8) is 0 Å². The van der Waals surface area contributed by atoms with Crippen molar-refractivity contribution in [2.24, 2.45) is 17.8 Å². The summed E-state index contributed by atoms with van der Waals surface area (Å²) in [5.41, 5.74) is 3.20. The molecule has 10 heteroatoms. The standard InChI is InChI=1S/C41H42F3N3O4/c1-25-3-6-29-9-14-35(50-34-15-17-46(18-16-34)32-12-10-31(11-13-32)41(42,43)44)22-37(29)51-39(25)40(49)47-24-28-20-33(47)19-26(2)36(21-28)38(48)30-7-4-27(23-45)5-8-30/h4-5,7-14,22,26,28,33-34,36H,3,6,15-21,24H2,1-2H3. The molecule has 266 valence electrons. The Hall–Kier alpha value is -4.78. The number of alkyl halides is 3. The van der Waals surface area contributed by atoms with Gasteiger partial charge in [-0.05, 0) is 104 Å². The average Bonchev–Trinajstić information content (AvgIpc) is 3.35. The molecule has 3 heterocycles. The van der Waals surface area contributed by atoms with Gasteiger partial charge >= 0.3 is 6.18 Å². The molecule has 0 N–H and O–H groups in total. The van der Waals surface area contributed by atoms with Crippen LogP contribution in [0.3, 0.4) is 0 Å². The Kier molecular flexibility index (Phi) is 9.58. The predicted molar refractivity (Wildman–Crippen MR) is 186 cm³/mol. The number of rotatable bonds is 6. The van der Waals surface area contributed by atoms with Crippen molar-refractivity contribution in [2.45, 2.75) is 77.1 Å². The van der Waals surface area contributed by atoms with Gasteiger partial charge in [0.15, 0.2) is 11.5 Å². The summed E-state index contributed by atoms with van der Waals surface area (Å²) in [5, 5.41) is 9.13.